The molecule has 0 amide bonds. The Bertz CT molecular complexity index is 960. The zero-order valence-corrected chi connectivity index (χ0v) is 13.6. The van der Waals surface area contributed by atoms with E-state index in [1.807, 2.05) is 18.4 Å². The molecule has 0 aliphatic heterocycles. The second-order valence-electron chi connectivity index (χ2n) is 6.34. The van der Waals surface area contributed by atoms with Crippen LogP contribution in [-0.4, -0.2) is 4.98 Å². The molecule has 4 aromatic rings. The fourth-order valence-electron chi connectivity index (χ4n) is 3.49. The zero-order chi connectivity index (χ0) is 15.8. The molecule has 23 heavy (non-hydrogen) atoms. The van der Waals surface area contributed by atoms with E-state index in [0.717, 1.165) is 18.4 Å². The van der Waals surface area contributed by atoms with Gasteiger partial charge in [-0.2, -0.15) is 0 Å². The Kier molecular flexibility index (Phi) is 3.45. The number of aromatic amines is 1. The molecule has 116 valence electrons. The van der Waals surface area contributed by atoms with Crippen LogP contribution < -0.4 is 0 Å². The Morgan fingerprint density at radius 3 is 2.83 bits per heavy atom. The minimum absolute atomic E-state index is 0.431. The van der Waals surface area contributed by atoms with Gasteiger partial charge in [-0.1, -0.05) is 38.1 Å². The Morgan fingerprint density at radius 1 is 1.09 bits per heavy atom. The molecule has 0 fully saturated rings. The molecule has 2 aromatic carbocycles. The van der Waals surface area contributed by atoms with Crippen LogP contribution in [0.5, 0.6) is 0 Å². The van der Waals surface area contributed by atoms with Gasteiger partial charge < -0.3 is 9.40 Å². The van der Waals surface area contributed by atoms with E-state index in [2.05, 4.69) is 55.4 Å². The number of para-hydroxylation sites is 1. The van der Waals surface area contributed by atoms with Gasteiger partial charge in [0.15, 0.2) is 0 Å². The van der Waals surface area contributed by atoms with Crippen LogP contribution in [0.3, 0.4) is 0 Å². The van der Waals surface area contributed by atoms with E-state index in [9.17, 15) is 0 Å². The van der Waals surface area contributed by atoms with Gasteiger partial charge in [-0.3, -0.25) is 0 Å². The van der Waals surface area contributed by atoms with E-state index in [-0.39, 0.29) is 0 Å². The number of fused-ring (bicyclic) bond motifs is 2. The molecule has 1 atom stereocenters. The average molecular weight is 303 g/mol. The molecule has 0 aliphatic carbocycles. The second kappa shape index (κ2) is 5.62. The summed E-state index contributed by atoms with van der Waals surface area (Å²) in [5, 5.41) is 2.59. The summed E-state index contributed by atoms with van der Waals surface area (Å²) in [5.41, 5.74) is 6.27. The fraction of sp³-hybridized carbons (Fsp3) is 0.238. The summed E-state index contributed by atoms with van der Waals surface area (Å²) in [4.78, 5) is 3.36. The molecule has 1 unspecified atom stereocenters. The van der Waals surface area contributed by atoms with Gasteiger partial charge in [0.2, 0.25) is 0 Å². The summed E-state index contributed by atoms with van der Waals surface area (Å²) in [6.07, 6.45) is 6.13. The third-order valence-corrected chi connectivity index (χ3v) is 4.80. The number of aryl methyl sites for hydroxylation is 1. The topological polar surface area (TPSA) is 28.9 Å². The molecular weight excluding hydrogens is 282 g/mol. The van der Waals surface area contributed by atoms with Crippen LogP contribution in [0.4, 0.5) is 0 Å². The van der Waals surface area contributed by atoms with E-state index in [4.69, 9.17) is 4.42 Å². The molecule has 0 saturated carbocycles. The molecule has 2 nitrogen and oxygen atoms in total. The average Bonchev–Trinajstić information content (AvgIpc) is 3.18. The van der Waals surface area contributed by atoms with Crippen molar-refractivity contribution >= 4 is 21.9 Å². The van der Waals surface area contributed by atoms with Gasteiger partial charge in [0.25, 0.3) is 0 Å². The maximum atomic E-state index is 5.70. The van der Waals surface area contributed by atoms with Gasteiger partial charge in [-0.25, -0.2) is 0 Å². The van der Waals surface area contributed by atoms with Crippen molar-refractivity contribution < 1.29 is 4.42 Å². The lowest BCUT2D eigenvalue weighted by molar-refractivity contribution is 0.602. The first kappa shape index (κ1) is 14.1. The smallest absolute Gasteiger partial charge is 0.134 e. The Balaban J connectivity index is 1.66. The fourth-order valence-corrected chi connectivity index (χ4v) is 3.49. The molecule has 0 aliphatic rings. The summed E-state index contributed by atoms with van der Waals surface area (Å²) in [5.74, 6) is 0.431. The predicted octanol–water partition coefficient (Wildman–Crippen LogP) is 5.82. The highest BCUT2D eigenvalue weighted by atomic mass is 16.3. The molecule has 1 N–H and O–H groups in total. The van der Waals surface area contributed by atoms with E-state index < -0.39 is 0 Å². The standard InChI is InChI=1S/C21H21NO/c1-3-16-12-22-20-9-8-15(11-18(16)20)10-14(2)19-13-23-21-7-5-4-6-17(19)21/h4-9,11-14,22H,3,10H2,1-2H3. The van der Waals surface area contributed by atoms with Crippen LogP contribution in [0.15, 0.2) is 59.3 Å². The number of nitrogens with one attached hydrogen (secondary N) is 1. The highest BCUT2D eigenvalue weighted by Crippen LogP contribution is 2.30. The molecular formula is C21H21NO. The molecule has 0 bridgehead atoms. The summed E-state index contributed by atoms with van der Waals surface area (Å²) in [7, 11) is 0. The maximum Gasteiger partial charge on any atom is 0.134 e. The number of benzene rings is 2. The highest BCUT2D eigenvalue weighted by Gasteiger charge is 2.14. The molecule has 2 heterocycles. The normalized spacial score (nSPS) is 13.0. The first-order valence-corrected chi connectivity index (χ1v) is 8.31. The largest absolute Gasteiger partial charge is 0.464 e. The number of hydrogen-bond donors (Lipinski definition) is 1. The SMILES string of the molecule is CCc1c[nH]c2ccc(CC(C)c3coc4ccccc34)cc12. The van der Waals surface area contributed by atoms with Gasteiger partial charge in [-0.05, 0) is 48.1 Å². The summed E-state index contributed by atoms with van der Waals surface area (Å²) in [6.45, 7) is 4.48. The first-order valence-electron chi connectivity index (χ1n) is 8.31. The monoisotopic (exact) mass is 303 g/mol. The van der Waals surface area contributed by atoms with E-state index in [1.165, 1.54) is 33.0 Å². The molecule has 0 saturated heterocycles. The van der Waals surface area contributed by atoms with Crippen molar-refractivity contribution in [2.24, 2.45) is 0 Å². The number of rotatable bonds is 4. The number of H-pyrrole nitrogens is 1. The number of furan rings is 1. The van der Waals surface area contributed by atoms with E-state index >= 15 is 0 Å². The van der Waals surface area contributed by atoms with Gasteiger partial charge in [-0.15, -0.1) is 0 Å². The lowest BCUT2D eigenvalue weighted by Gasteiger charge is -2.10. The van der Waals surface area contributed by atoms with Gasteiger partial charge in [0.05, 0.1) is 6.26 Å². The summed E-state index contributed by atoms with van der Waals surface area (Å²) >= 11 is 0. The summed E-state index contributed by atoms with van der Waals surface area (Å²) < 4.78 is 5.70. The molecule has 2 heteroatoms. The van der Waals surface area contributed by atoms with Crippen LogP contribution in [0, 0.1) is 0 Å². The van der Waals surface area contributed by atoms with Crippen molar-refractivity contribution in [1.82, 2.24) is 4.98 Å². The van der Waals surface area contributed by atoms with E-state index in [0.29, 0.717) is 5.92 Å². The van der Waals surface area contributed by atoms with Crippen molar-refractivity contribution in [2.45, 2.75) is 32.6 Å². The molecule has 0 radical (unpaired) electrons. The molecule has 2 aromatic heterocycles. The van der Waals surface area contributed by atoms with Crippen molar-refractivity contribution in [2.75, 3.05) is 0 Å². The lowest BCUT2D eigenvalue weighted by Crippen LogP contribution is -1.97. The lowest BCUT2D eigenvalue weighted by atomic mass is 9.92. The van der Waals surface area contributed by atoms with Crippen molar-refractivity contribution in [1.29, 1.82) is 0 Å². The maximum absolute atomic E-state index is 5.70. The Labute approximate surface area is 136 Å². The van der Waals surface area contributed by atoms with Crippen LogP contribution >= 0.6 is 0 Å². The Morgan fingerprint density at radius 2 is 1.96 bits per heavy atom. The van der Waals surface area contributed by atoms with Crippen LogP contribution in [0.1, 0.15) is 36.5 Å². The van der Waals surface area contributed by atoms with Crippen LogP contribution in [-0.2, 0) is 12.8 Å². The third kappa shape index (κ3) is 2.44. The van der Waals surface area contributed by atoms with Crippen molar-refractivity contribution in [3.63, 3.8) is 0 Å². The van der Waals surface area contributed by atoms with Gasteiger partial charge >= 0.3 is 0 Å². The quantitative estimate of drug-likeness (QED) is 0.505. The van der Waals surface area contributed by atoms with Crippen molar-refractivity contribution in [3.8, 4) is 0 Å². The van der Waals surface area contributed by atoms with Crippen LogP contribution in [0.2, 0.25) is 0 Å². The Hall–Kier alpha value is -2.48. The van der Waals surface area contributed by atoms with Crippen molar-refractivity contribution in [3.05, 3.63) is 71.6 Å². The first-order chi connectivity index (χ1) is 11.3. The third-order valence-electron chi connectivity index (χ3n) is 4.80. The highest BCUT2D eigenvalue weighted by molar-refractivity contribution is 5.84. The second-order valence-corrected chi connectivity index (χ2v) is 6.34. The van der Waals surface area contributed by atoms with Crippen LogP contribution in [0.25, 0.3) is 21.9 Å². The minimum Gasteiger partial charge on any atom is -0.464 e. The molecule has 0 spiro atoms. The number of hydrogen-bond acceptors (Lipinski definition) is 1. The predicted molar refractivity (Wildman–Crippen MR) is 96.0 cm³/mol. The molecule has 4 rings (SSSR count). The zero-order valence-electron chi connectivity index (χ0n) is 13.6. The number of aromatic nitrogens is 1. The minimum atomic E-state index is 0.431. The van der Waals surface area contributed by atoms with Gasteiger partial charge in [0.1, 0.15) is 5.58 Å². The van der Waals surface area contributed by atoms with Gasteiger partial charge in [0, 0.05) is 28.0 Å². The summed E-state index contributed by atoms with van der Waals surface area (Å²) in [6, 6.07) is 15.0. The van der Waals surface area contributed by atoms with E-state index in [1.54, 1.807) is 0 Å².